The van der Waals surface area contributed by atoms with Crippen LogP contribution in [-0.4, -0.2) is 6.21 Å². The van der Waals surface area contributed by atoms with Crippen molar-refractivity contribution in [3.8, 4) is 0 Å². The van der Waals surface area contributed by atoms with Gasteiger partial charge in [0.25, 0.3) is 0 Å². The fraction of sp³-hybridized carbons (Fsp3) is 0.308. The molecule has 3 aliphatic rings. The summed E-state index contributed by atoms with van der Waals surface area (Å²) in [6.07, 6.45) is 15.0. The van der Waals surface area contributed by atoms with Crippen LogP contribution in [0, 0.1) is 10.8 Å². The van der Waals surface area contributed by atoms with Crippen molar-refractivity contribution >= 4 is 6.21 Å². The molecule has 1 heteroatoms. The van der Waals surface area contributed by atoms with Crippen LogP contribution in [0.2, 0.25) is 0 Å². The molecule has 0 aromatic heterocycles. The highest BCUT2D eigenvalue weighted by molar-refractivity contribution is 5.77. The van der Waals surface area contributed by atoms with Crippen LogP contribution < -0.4 is 0 Å². The second-order valence-electron chi connectivity index (χ2n) is 4.58. The zero-order valence-corrected chi connectivity index (χ0v) is 8.49. The Morgan fingerprint density at radius 2 is 1.79 bits per heavy atom. The van der Waals surface area contributed by atoms with Crippen molar-refractivity contribution in [1.29, 1.82) is 0 Å². The molecule has 2 aliphatic carbocycles. The number of allylic oxidation sites excluding steroid dienone is 7. The fourth-order valence-electron chi connectivity index (χ4n) is 2.68. The largest absolute Gasteiger partial charge is 0.264 e. The average Bonchev–Trinajstić information content (AvgIpc) is 2.49. The van der Waals surface area contributed by atoms with Gasteiger partial charge in [-0.15, -0.1) is 0 Å². The Labute approximate surface area is 84.2 Å². The van der Waals surface area contributed by atoms with Gasteiger partial charge in [0, 0.05) is 23.2 Å². The lowest BCUT2D eigenvalue weighted by Crippen LogP contribution is -2.29. The molecule has 0 fully saturated rings. The third-order valence-electron chi connectivity index (χ3n) is 4.00. The number of hydrogen-bond acceptors (Lipinski definition) is 1. The lowest BCUT2D eigenvalue weighted by atomic mass is 9.66. The highest BCUT2D eigenvalue weighted by Gasteiger charge is 2.51. The molecular formula is C13H13N. The molecule has 2 atom stereocenters. The van der Waals surface area contributed by atoms with Gasteiger partial charge < -0.3 is 0 Å². The summed E-state index contributed by atoms with van der Waals surface area (Å²) in [5.74, 6) is 0. The predicted octanol–water partition coefficient (Wildman–Crippen LogP) is 3.03. The Hall–Kier alpha value is -1.37. The third-order valence-corrected chi connectivity index (χ3v) is 4.00. The normalized spacial score (nSPS) is 42.1. The van der Waals surface area contributed by atoms with Crippen molar-refractivity contribution in [3.63, 3.8) is 0 Å². The van der Waals surface area contributed by atoms with Gasteiger partial charge in [-0.1, -0.05) is 38.2 Å². The molecule has 0 aromatic rings. The summed E-state index contributed by atoms with van der Waals surface area (Å²) in [7, 11) is 0. The molecule has 14 heavy (non-hydrogen) atoms. The Bertz CT molecular complexity index is 410. The minimum absolute atomic E-state index is 0.115. The van der Waals surface area contributed by atoms with E-state index < -0.39 is 0 Å². The van der Waals surface area contributed by atoms with E-state index >= 15 is 0 Å². The minimum atomic E-state index is 0.115. The highest BCUT2D eigenvalue weighted by atomic mass is 14.7. The lowest BCUT2D eigenvalue weighted by molar-refractivity contribution is 0.325. The molecule has 0 spiro atoms. The van der Waals surface area contributed by atoms with Gasteiger partial charge >= 0.3 is 0 Å². The molecule has 1 aliphatic heterocycles. The van der Waals surface area contributed by atoms with Crippen LogP contribution in [0.4, 0.5) is 0 Å². The van der Waals surface area contributed by atoms with E-state index in [0.29, 0.717) is 0 Å². The summed E-state index contributed by atoms with van der Waals surface area (Å²) in [5, 5.41) is 0. The van der Waals surface area contributed by atoms with Crippen molar-refractivity contribution < 1.29 is 0 Å². The number of nitrogens with zero attached hydrogens (tertiary/aromatic N) is 1. The summed E-state index contributed by atoms with van der Waals surface area (Å²) in [5.41, 5.74) is 2.96. The highest BCUT2D eigenvalue weighted by Crippen LogP contribution is 2.60. The maximum Gasteiger partial charge on any atom is 0.0313 e. The zero-order valence-electron chi connectivity index (χ0n) is 8.49. The van der Waals surface area contributed by atoms with Gasteiger partial charge in [-0.05, 0) is 17.2 Å². The smallest absolute Gasteiger partial charge is 0.0313 e. The molecule has 1 nitrogen and oxygen atoms in total. The zero-order chi connectivity index (χ0) is 9.81. The van der Waals surface area contributed by atoms with E-state index in [-0.39, 0.29) is 10.8 Å². The van der Waals surface area contributed by atoms with Crippen molar-refractivity contribution in [3.05, 3.63) is 47.7 Å². The molecule has 0 aromatic carbocycles. The van der Waals surface area contributed by atoms with Gasteiger partial charge in [0.15, 0.2) is 0 Å². The molecule has 70 valence electrons. The van der Waals surface area contributed by atoms with Crippen LogP contribution in [-0.2, 0) is 0 Å². The first kappa shape index (κ1) is 7.98. The Balaban J connectivity index is 2.34. The minimum Gasteiger partial charge on any atom is -0.264 e. The van der Waals surface area contributed by atoms with Crippen molar-refractivity contribution in [2.45, 2.75) is 13.8 Å². The second-order valence-corrected chi connectivity index (χ2v) is 4.58. The van der Waals surface area contributed by atoms with E-state index in [2.05, 4.69) is 49.2 Å². The standard InChI is InChI=1S/C13H13N/c1-12-6-3-10-5-8-14-9-11(4-7-12)13(10,12)2/h3-9H,1-2H3. The predicted molar refractivity (Wildman–Crippen MR) is 59.2 cm³/mol. The first-order valence-corrected chi connectivity index (χ1v) is 5.00. The average molecular weight is 183 g/mol. The summed E-state index contributed by atoms with van der Waals surface area (Å²) in [6, 6.07) is 0. The Kier molecular flexibility index (Phi) is 1.23. The summed E-state index contributed by atoms with van der Waals surface area (Å²) < 4.78 is 0. The topological polar surface area (TPSA) is 12.4 Å². The van der Waals surface area contributed by atoms with E-state index in [1.54, 1.807) is 0 Å². The van der Waals surface area contributed by atoms with Crippen molar-refractivity contribution in [2.24, 2.45) is 15.8 Å². The Morgan fingerprint density at radius 3 is 2.57 bits per heavy atom. The second kappa shape index (κ2) is 2.17. The molecule has 0 amide bonds. The SMILES string of the molecule is CC12C=CC3=CC=NC=C(C=C1)C32C. The summed E-state index contributed by atoms with van der Waals surface area (Å²) in [4.78, 5) is 4.26. The van der Waals surface area contributed by atoms with Crippen LogP contribution in [0.5, 0.6) is 0 Å². The van der Waals surface area contributed by atoms with Gasteiger partial charge in [0.1, 0.15) is 0 Å². The van der Waals surface area contributed by atoms with E-state index in [1.807, 2.05) is 12.4 Å². The van der Waals surface area contributed by atoms with Gasteiger partial charge in [0.05, 0.1) is 0 Å². The van der Waals surface area contributed by atoms with Crippen molar-refractivity contribution in [2.75, 3.05) is 0 Å². The van der Waals surface area contributed by atoms with Crippen LogP contribution in [0.1, 0.15) is 13.8 Å². The fourth-order valence-corrected chi connectivity index (χ4v) is 2.68. The lowest BCUT2D eigenvalue weighted by Gasteiger charge is -2.35. The van der Waals surface area contributed by atoms with Gasteiger partial charge in [-0.3, -0.25) is 4.99 Å². The van der Waals surface area contributed by atoms with Crippen LogP contribution in [0.3, 0.4) is 0 Å². The quantitative estimate of drug-likeness (QED) is 0.547. The van der Waals surface area contributed by atoms with E-state index in [9.17, 15) is 0 Å². The van der Waals surface area contributed by atoms with Crippen LogP contribution in [0.25, 0.3) is 0 Å². The van der Waals surface area contributed by atoms with Crippen molar-refractivity contribution in [1.82, 2.24) is 0 Å². The monoisotopic (exact) mass is 183 g/mol. The first-order chi connectivity index (χ1) is 6.67. The molecular weight excluding hydrogens is 170 g/mol. The summed E-state index contributed by atoms with van der Waals surface area (Å²) >= 11 is 0. The van der Waals surface area contributed by atoms with Gasteiger partial charge in [-0.2, -0.15) is 0 Å². The van der Waals surface area contributed by atoms with Crippen LogP contribution in [0.15, 0.2) is 52.7 Å². The third kappa shape index (κ3) is 0.661. The van der Waals surface area contributed by atoms with E-state index in [4.69, 9.17) is 0 Å². The van der Waals surface area contributed by atoms with Gasteiger partial charge in [-0.25, -0.2) is 0 Å². The van der Waals surface area contributed by atoms with E-state index in [0.717, 1.165) is 0 Å². The Morgan fingerprint density at radius 1 is 1.07 bits per heavy atom. The van der Waals surface area contributed by atoms with Crippen LogP contribution >= 0.6 is 0 Å². The van der Waals surface area contributed by atoms with E-state index in [1.165, 1.54) is 11.1 Å². The first-order valence-electron chi connectivity index (χ1n) is 5.00. The summed E-state index contributed by atoms with van der Waals surface area (Å²) in [6.45, 7) is 4.59. The number of aliphatic imine (C=N–C) groups is 1. The molecule has 2 unspecified atom stereocenters. The molecule has 0 N–H and O–H groups in total. The molecule has 3 rings (SSSR count). The molecule has 0 radical (unpaired) electrons. The molecule has 1 heterocycles. The molecule has 0 bridgehead atoms. The maximum atomic E-state index is 4.26. The molecule has 0 saturated carbocycles. The molecule has 0 saturated heterocycles. The maximum absolute atomic E-state index is 4.26. The number of rotatable bonds is 0. The number of hydrogen-bond donors (Lipinski definition) is 0. The van der Waals surface area contributed by atoms with Gasteiger partial charge in [0.2, 0.25) is 0 Å².